The Morgan fingerprint density at radius 2 is 1.91 bits per heavy atom. The number of likely N-dealkylation sites (tertiary alicyclic amines) is 1. The number of aliphatic imine (C=N–C) groups is 1. The largest absolute Gasteiger partial charge is 0.459 e. The number of amides is 1. The smallest absolute Gasteiger partial charge is 0.338 e. The molecule has 2 atom stereocenters. The lowest BCUT2D eigenvalue weighted by molar-refractivity contribution is -0.143. The average Bonchev–Trinajstić information content (AvgIpc) is 3.41. The topological polar surface area (TPSA) is 65.5 Å². The number of amidine groups is 1. The first-order chi connectivity index (χ1) is 16.2. The molecule has 2 unspecified atom stereocenters. The average molecular weight is 483 g/mol. The Labute approximate surface area is 206 Å². The molecule has 1 saturated heterocycles. The fraction of sp³-hybridized carbons (Fsp3) is 0.500. The molecule has 3 aliphatic heterocycles. The molecule has 0 bridgehead atoms. The van der Waals surface area contributed by atoms with E-state index in [1.165, 1.54) is 11.8 Å². The molecule has 3 heterocycles. The van der Waals surface area contributed by atoms with Crippen LogP contribution in [0.2, 0.25) is 0 Å². The number of hydrogen-bond acceptors (Lipinski definition) is 7. The second-order valence-electron chi connectivity index (χ2n) is 9.68. The van der Waals surface area contributed by atoms with E-state index in [-0.39, 0.29) is 30.4 Å². The van der Waals surface area contributed by atoms with E-state index in [0.29, 0.717) is 17.3 Å². The van der Waals surface area contributed by atoms with Gasteiger partial charge in [0.25, 0.3) is 0 Å². The summed E-state index contributed by atoms with van der Waals surface area (Å²) in [6, 6.07) is 8.19. The van der Waals surface area contributed by atoms with Crippen molar-refractivity contribution in [2.45, 2.75) is 58.7 Å². The van der Waals surface area contributed by atoms with Gasteiger partial charge in [-0.3, -0.25) is 4.79 Å². The lowest BCUT2D eigenvalue weighted by atomic mass is 9.93. The molecule has 1 amide bonds. The van der Waals surface area contributed by atoms with Gasteiger partial charge in [-0.25, -0.2) is 9.79 Å². The van der Waals surface area contributed by atoms with E-state index in [1.54, 1.807) is 0 Å². The van der Waals surface area contributed by atoms with Crippen molar-refractivity contribution in [3.63, 3.8) is 0 Å². The Hall–Kier alpha value is -2.58. The maximum Gasteiger partial charge on any atom is 0.338 e. The van der Waals surface area contributed by atoms with Crippen LogP contribution >= 0.6 is 11.8 Å². The summed E-state index contributed by atoms with van der Waals surface area (Å²) in [5.41, 5.74) is 4.17. The zero-order valence-electron chi connectivity index (χ0n) is 20.9. The molecule has 34 heavy (non-hydrogen) atoms. The van der Waals surface area contributed by atoms with Crippen molar-refractivity contribution in [3.8, 4) is 0 Å². The Balaban J connectivity index is 1.64. The minimum Gasteiger partial charge on any atom is -0.459 e. The van der Waals surface area contributed by atoms with Crippen LogP contribution in [0.3, 0.4) is 0 Å². The van der Waals surface area contributed by atoms with Crippen LogP contribution in [0.1, 0.15) is 50.8 Å². The molecule has 1 aromatic carbocycles. The third-order valence-corrected chi connectivity index (χ3v) is 7.42. The van der Waals surface area contributed by atoms with E-state index in [2.05, 4.69) is 23.9 Å². The van der Waals surface area contributed by atoms with Crippen molar-refractivity contribution in [2.75, 3.05) is 27.2 Å². The number of likely N-dealkylation sites (N-methyl/N-ethyl adjacent to an activating group) is 1. The number of aryl methyl sites for hydroxylation is 1. The van der Waals surface area contributed by atoms with Gasteiger partial charge < -0.3 is 19.4 Å². The van der Waals surface area contributed by atoms with Crippen LogP contribution in [-0.2, 0) is 14.3 Å². The summed E-state index contributed by atoms with van der Waals surface area (Å²) in [7, 11) is 4.12. The first kappa shape index (κ1) is 24.5. The lowest BCUT2D eigenvalue weighted by Crippen LogP contribution is -2.39. The zero-order chi connectivity index (χ0) is 24.6. The van der Waals surface area contributed by atoms with E-state index in [0.717, 1.165) is 41.5 Å². The highest BCUT2D eigenvalue weighted by Gasteiger charge is 2.42. The number of nitrogens with zero attached hydrogens (tertiary/aromatic N) is 4. The number of rotatable bonds is 6. The SMILES string of the molecule is CC1=C(C(=O)OC(C)C)C(c2ccc(C)cc2)N2C(CC(=O)N3CCC(N(C)C)C3)=CSC2=N1. The molecule has 0 spiro atoms. The maximum absolute atomic E-state index is 13.2. The number of fused-ring (bicyclic) bond motifs is 1. The minimum absolute atomic E-state index is 0.109. The standard InChI is InChI=1S/C26H34N4O3S/c1-16(2)33-25(32)23-18(4)27-26-30(24(23)19-9-7-17(3)8-10-19)21(15-34-26)13-22(31)29-12-11-20(14-29)28(5)6/h7-10,15-16,20,24H,11-14H2,1-6H3. The molecular weight excluding hydrogens is 448 g/mol. The highest BCUT2D eigenvalue weighted by Crippen LogP contribution is 2.45. The van der Waals surface area contributed by atoms with Crippen molar-refractivity contribution in [1.29, 1.82) is 0 Å². The van der Waals surface area contributed by atoms with Gasteiger partial charge in [0.15, 0.2) is 5.17 Å². The Morgan fingerprint density at radius 3 is 2.53 bits per heavy atom. The van der Waals surface area contributed by atoms with Gasteiger partial charge in [-0.1, -0.05) is 41.6 Å². The summed E-state index contributed by atoms with van der Waals surface area (Å²) in [5, 5.41) is 2.79. The van der Waals surface area contributed by atoms with Crippen molar-refractivity contribution in [1.82, 2.24) is 14.7 Å². The molecule has 3 aliphatic rings. The monoisotopic (exact) mass is 482 g/mol. The van der Waals surface area contributed by atoms with Crippen LogP contribution in [0.15, 0.2) is 51.6 Å². The van der Waals surface area contributed by atoms with Crippen molar-refractivity contribution in [2.24, 2.45) is 4.99 Å². The summed E-state index contributed by atoms with van der Waals surface area (Å²) in [6.45, 7) is 9.12. The summed E-state index contributed by atoms with van der Waals surface area (Å²) in [4.78, 5) is 37.4. The summed E-state index contributed by atoms with van der Waals surface area (Å²) < 4.78 is 5.62. The van der Waals surface area contributed by atoms with Gasteiger partial charge in [-0.15, -0.1) is 0 Å². The molecule has 0 aliphatic carbocycles. The van der Waals surface area contributed by atoms with Gasteiger partial charge in [-0.2, -0.15) is 0 Å². The number of carbonyl (C=O) groups is 2. The molecule has 1 aromatic rings. The molecule has 182 valence electrons. The van der Waals surface area contributed by atoms with E-state index in [9.17, 15) is 9.59 Å². The maximum atomic E-state index is 13.2. The number of thioether (sulfide) groups is 1. The fourth-order valence-electron chi connectivity index (χ4n) is 4.63. The summed E-state index contributed by atoms with van der Waals surface area (Å²) in [6.07, 6.45) is 1.03. The predicted octanol–water partition coefficient (Wildman–Crippen LogP) is 4.07. The van der Waals surface area contributed by atoms with E-state index in [1.807, 2.05) is 62.3 Å². The van der Waals surface area contributed by atoms with Crippen LogP contribution in [0.5, 0.6) is 0 Å². The second kappa shape index (κ2) is 9.96. The molecule has 0 radical (unpaired) electrons. The molecule has 0 aromatic heterocycles. The Morgan fingerprint density at radius 1 is 1.21 bits per heavy atom. The van der Waals surface area contributed by atoms with Gasteiger partial charge >= 0.3 is 5.97 Å². The van der Waals surface area contributed by atoms with Gasteiger partial charge in [0.2, 0.25) is 5.91 Å². The number of allylic oxidation sites excluding steroid dienone is 1. The molecule has 1 fully saturated rings. The molecular formula is C26H34N4O3S. The van der Waals surface area contributed by atoms with Gasteiger partial charge in [-0.05, 0) is 59.2 Å². The van der Waals surface area contributed by atoms with Gasteiger partial charge in [0.1, 0.15) is 0 Å². The number of benzene rings is 1. The Bertz CT molecular complexity index is 1060. The highest BCUT2D eigenvalue weighted by molar-refractivity contribution is 8.16. The van der Waals surface area contributed by atoms with Crippen molar-refractivity contribution < 1.29 is 14.3 Å². The number of hydrogen-bond donors (Lipinski definition) is 0. The lowest BCUT2D eigenvalue weighted by Gasteiger charge is -2.36. The minimum atomic E-state index is -0.387. The molecule has 8 heteroatoms. The van der Waals surface area contributed by atoms with Crippen LogP contribution < -0.4 is 0 Å². The molecule has 4 rings (SSSR count). The normalized spacial score (nSPS) is 22.4. The highest BCUT2D eigenvalue weighted by atomic mass is 32.2. The molecule has 0 N–H and O–H groups in total. The van der Waals surface area contributed by atoms with E-state index >= 15 is 0 Å². The third-order valence-electron chi connectivity index (χ3n) is 6.54. The number of ether oxygens (including phenoxy) is 1. The quantitative estimate of drug-likeness (QED) is 0.570. The van der Waals surface area contributed by atoms with Crippen LogP contribution in [0.4, 0.5) is 0 Å². The third kappa shape index (κ3) is 4.93. The van der Waals surface area contributed by atoms with Crippen LogP contribution in [0, 0.1) is 6.92 Å². The first-order valence-corrected chi connectivity index (χ1v) is 12.7. The van der Waals surface area contributed by atoms with E-state index in [4.69, 9.17) is 9.73 Å². The zero-order valence-corrected chi connectivity index (χ0v) is 21.7. The number of esters is 1. The van der Waals surface area contributed by atoms with Crippen molar-refractivity contribution >= 4 is 28.8 Å². The first-order valence-electron chi connectivity index (χ1n) is 11.8. The molecule has 0 saturated carbocycles. The summed E-state index contributed by atoms with van der Waals surface area (Å²) in [5.74, 6) is -0.255. The second-order valence-corrected chi connectivity index (χ2v) is 10.5. The van der Waals surface area contributed by atoms with E-state index < -0.39 is 0 Å². The van der Waals surface area contributed by atoms with Crippen molar-refractivity contribution in [3.05, 3.63) is 57.8 Å². The summed E-state index contributed by atoms with van der Waals surface area (Å²) >= 11 is 1.51. The van der Waals surface area contributed by atoms with Gasteiger partial charge in [0, 0.05) is 24.8 Å². The number of carbonyl (C=O) groups excluding carboxylic acids is 2. The van der Waals surface area contributed by atoms with Gasteiger partial charge in [0.05, 0.1) is 29.8 Å². The predicted molar refractivity (Wildman–Crippen MR) is 136 cm³/mol. The Kier molecular flexibility index (Phi) is 7.19. The fourth-order valence-corrected chi connectivity index (χ4v) is 5.59. The molecule has 7 nitrogen and oxygen atoms in total. The van der Waals surface area contributed by atoms with Crippen LogP contribution in [0.25, 0.3) is 0 Å². The van der Waals surface area contributed by atoms with Crippen LogP contribution in [-0.4, -0.2) is 71.1 Å².